The van der Waals surface area contributed by atoms with E-state index in [-0.39, 0.29) is 6.07 Å². The second-order valence-corrected chi connectivity index (χ2v) is 5.60. The smallest absolute Gasteiger partial charge is 0.421 e. The molecule has 0 aliphatic carbocycles. The third-order valence-electron chi connectivity index (χ3n) is 3.15. The second-order valence-electron chi connectivity index (χ2n) is 5.26. The second kappa shape index (κ2) is 6.67. The van der Waals surface area contributed by atoms with Gasteiger partial charge in [-0.25, -0.2) is 23.1 Å². The summed E-state index contributed by atoms with van der Waals surface area (Å²) in [7, 11) is 0. The van der Waals surface area contributed by atoms with Crippen LogP contribution >= 0.6 is 11.6 Å². The number of nitrogens with zero attached hydrogens (tertiary/aromatic N) is 3. The van der Waals surface area contributed by atoms with Gasteiger partial charge < -0.3 is 4.74 Å². The zero-order valence-corrected chi connectivity index (χ0v) is 13.7. The van der Waals surface area contributed by atoms with Crippen LogP contribution in [0.1, 0.15) is 31.4 Å². The van der Waals surface area contributed by atoms with E-state index in [0.717, 1.165) is 0 Å². The Balaban J connectivity index is 2.98. The first-order chi connectivity index (χ1) is 11.9. The van der Waals surface area contributed by atoms with Gasteiger partial charge in [0, 0.05) is 0 Å². The normalized spacial score (nSPS) is 12.2. The summed E-state index contributed by atoms with van der Waals surface area (Å²) in [5.74, 6) is 0. The highest BCUT2D eigenvalue weighted by molar-refractivity contribution is 6.30. The van der Waals surface area contributed by atoms with Crippen molar-refractivity contribution in [2.75, 3.05) is 0 Å². The molecule has 13 heteroatoms. The minimum atomic E-state index is -5.35. The predicted octanol–water partition coefficient (Wildman–Crippen LogP) is 4.95. The van der Waals surface area contributed by atoms with Crippen molar-refractivity contribution in [2.45, 2.75) is 32.6 Å². The van der Waals surface area contributed by atoms with E-state index in [1.807, 2.05) is 0 Å². The van der Waals surface area contributed by atoms with Crippen LogP contribution < -0.4 is 0 Å². The molecule has 0 saturated carbocycles. The summed E-state index contributed by atoms with van der Waals surface area (Å²) in [4.78, 5) is 25.2. The molecular weight excluding hydrogens is 393 g/mol. The van der Waals surface area contributed by atoms with Crippen LogP contribution in [0.25, 0.3) is 11.0 Å². The summed E-state index contributed by atoms with van der Waals surface area (Å²) in [6.07, 6.45) is -11.1. The minimum absolute atomic E-state index is 0.157. The lowest BCUT2D eigenvalue weighted by Gasteiger charge is -2.14. The summed E-state index contributed by atoms with van der Waals surface area (Å²) in [5, 5.41) is 10.4. The van der Waals surface area contributed by atoms with Gasteiger partial charge in [0.25, 0.3) is 6.43 Å². The molecule has 0 aliphatic rings. The SMILES string of the molecule is CC(C)OC(=O)n1c(Cl)nc2c([N+](=O)[O-])c(C(F)F)c(C(F)(F)F)cc21. The number of hydrogen-bond donors (Lipinski definition) is 0. The summed E-state index contributed by atoms with van der Waals surface area (Å²) in [6.45, 7) is 2.87. The van der Waals surface area contributed by atoms with Gasteiger partial charge in [0.1, 0.15) is 5.56 Å². The number of halogens is 6. The molecule has 0 unspecified atom stereocenters. The van der Waals surface area contributed by atoms with Crippen molar-refractivity contribution in [3.8, 4) is 0 Å². The maximum absolute atomic E-state index is 13.2. The average molecular weight is 402 g/mol. The maximum atomic E-state index is 13.2. The molecule has 0 aliphatic heterocycles. The molecule has 2 rings (SSSR count). The molecule has 0 atom stereocenters. The van der Waals surface area contributed by atoms with Crippen molar-refractivity contribution in [1.29, 1.82) is 0 Å². The lowest BCUT2D eigenvalue weighted by atomic mass is 10.0. The third-order valence-corrected chi connectivity index (χ3v) is 3.40. The van der Waals surface area contributed by atoms with Crippen LogP contribution in [-0.2, 0) is 10.9 Å². The van der Waals surface area contributed by atoms with Crippen LogP contribution in [0, 0.1) is 10.1 Å². The predicted molar refractivity (Wildman–Crippen MR) is 78.4 cm³/mol. The quantitative estimate of drug-likeness (QED) is 0.412. The van der Waals surface area contributed by atoms with Crippen molar-refractivity contribution in [3.63, 3.8) is 0 Å². The number of rotatable bonds is 3. The molecule has 0 amide bonds. The van der Waals surface area contributed by atoms with Crippen LogP contribution in [0.3, 0.4) is 0 Å². The highest BCUT2D eigenvalue weighted by atomic mass is 35.5. The molecule has 1 heterocycles. The van der Waals surface area contributed by atoms with E-state index in [1.165, 1.54) is 13.8 Å². The fraction of sp³-hybridized carbons (Fsp3) is 0.385. The van der Waals surface area contributed by atoms with E-state index in [2.05, 4.69) is 4.98 Å². The van der Waals surface area contributed by atoms with E-state index < -0.39 is 62.9 Å². The Hall–Kier alpha value is -2.50. The summed E-state index contributed by atoms with van der Waals surface area (Å²) >= 11 is 5.68. The van der Waals surface area contributed by atoms with Gasteiger partial charge in [0.2, 0.25) is 5.28 Å². The number of fused-ring (bicyclic) bond motifs is 1. The number of aromatic nitrogens is 2. The molecule has 0 N–H and O–H groups in total. The molecule has 0 bridgehead atoms. The fourth-order valence-corrected chi connectivity index (χ4v) is 2.49. The fourth-order valence-electron chi connectivity index (χ4n) is 2.25. The Morgan fingerprint density at radius 1 is 1.38 bits per heavy atom. The molecule has 7 nitrogen and oxygen atoms in total. The van der Waals surface area contributed by atoms with Gasteiger partial charge in [-0.15, -0.1) is 0 Å². The number of alkyl halides is 5. The largest absolute Gasteiger partial charge is 0.446 e. The van der Waals surface area contributed by atoms with Crippen LogP contribution in [0.2, 0.25) is 5.28 Å². The molecule has 2 aromatic rings. The van der Waals surface area contributed by atoms with Crippen LogP contribution in [-0.4, -0.2) is 26.7 Å². The summed E-state index contributed by atoms with van der Waals surface area (Å²) in [6, 6.07) is 0.157. The van der Waals surface area contributed by atoms with E-state index in [4.69, 9.17) is 16.3 Å². The summed E-state index contributed by atoms with van der Waals surface area (Å²) < 4.78 is 71.1. The average Bonchev–Trinajstić information content (AvgIpc) is 2.78. The van der Waals surface area contributed by atoms with Gasteiger partial charge in [-0.1, -0.05) is 0 Å². The zero-order valence-electron chi connectivity index (χ0n) is 13.0. The standard InChI is InChI=1S/C13H9ClF5N3O4/c1-4(2)26-12(23)21-6-3-5(13(17,18)19)7(10(15)16)9(22(24)25)8(6)20-11(21)14/h3-4,10H,1-2H3. The Kier molecular flexibility index (Phi) is 5.08. The molecule has 0 spiro atoms. The zero-order chi connectivity index (χ0) is 20.0. The van der Waals surface area contributed by atoms with E-state index in [9.17, 15) is 36.9 Å². The topological polar surface area (TPSA) is 87.3 Å². The summed E-state index contributed by atoms with van der Waals surface area (Å²) in [5.41, 5.74) is -7.06. The van der Waals surface area contributed by atoms with Gasteiger partial charge >= 0.3 is 18.0 Å². The number of ether oxygens (including phenoxy) is 1. The molecule has 142 valence electrons. The van der Waals surface area contributed by atoms with E-state index in [1.54, 1.807) is 0 Å². The van der Waals surface area contributed by atoms with Crippen molar-refractivity contribution in [2.24, 2.45) is 0 Å². The maximum Gasteiger partial charge on any atom is 0.421 e. The molecule has 1 aromatic carbocycles. The number of nitro groups is 1. The Labute approximate surface area is 146 Å². The lowest BCUT2D eigenvalue weighted by Crippen LogP contribution is -2.19. The Morgan fingerprint density at radius 3 is 2.38 bits per heavy atom. The number of hydrogen-bond acceptors (Lipinski definition) is 5. The van der Waals surface area contributed by atoms with Crippen molar-refractivity contribution < 1.29 is 36.4 Å². The van der Waals surface area contributed by atoms with Gasteiger partial charge in [-0.05, 0) is 31.5 Å². The first-order valence-corrected chi connectivity index (χ1v) is 7.19. The molecule has 0 radical (unpaired) electrons. The van der Waals surface area contributed by atoms with Crippen molar-refractivity contribution in [3.05, 3.63) is 32.6 Å². The monoisotopic (exact) mass is 401 g/mol. The van der Waals surface area contributed by atoms with Crippen molar-refractivity contribution in [1.82, 2.24) is 9.55 Å². The number of carbonyl (C=O) groups excluding carboxylic acids is 1. The Bertz CT molecular complexity index is 894. The number of carbonyl (C=O) groups is 1. The molecule has 1 aromatic heterocycles. The van der Waals surface area contributed by atoms with Crippen LogP contribution in [0.5, 0.6) is 0 Å². The third kappa shape index (κ3) is 3.41. The highest BCUT2D eigenvalue weighted by Crippen LogP contribution is 2.45. The molecule has 26 heavy (non-hydrogen) atoms. The molecular formula is C13H9ClF5N3O4. The minimum Gasteiger partial charge on any atom is -0.446 e. The lowest BCUT2D eigenvalue weighted by molar-refractivity contribution is -0.384. The molecule has 0 fully saturated rings. The van der Waals surface area contributed by atoms with Gasteiger partial charge in [0.05, 0.1) is 22.1 Å². The van der Waals surface area contributed by atoms with Crippen LogP contribution in [0.4, 0.5) is 32.4 Å². The first-order valence-electron chi connectivity index (χ1n) is 6.81. The number of benzene rings is 1. The highest BCUT2D eigenvalue weighted by Gasteiger charge is 2.43. The van der Waals surface area contributed by atoms with Crippen LogP contribution in [0.15, 0.2) is 6.07 Å². The van der Waals surface area contributed by atoms with E-state index in [0.29, 0.717) is 4.57 Å². The molecule has 0 saturated heterocycles. The van der Waals surface area contributed by atoms with E-state index >= 15 is 0 Å². The van der Waals surface area contributed by atoms with Gasteiger partial charge in [-0.3, -0.25) is 10.1 Å². The Morgan fingerprint density at radius 2 is 1.96 bits per heavy atom. The first kappa shape index (κ1) is 19.8. The number of imidazole rings is 1. The van der Waals surface area contributed by atoms with Crippen molar-refractivity contribution >= 4 is 34.4 Å². The van der Waals surface area contributed by atoms with Gasteiger partial charge in [-0.2, -0.15) is 13.2 Å². The number of nitro benzene ring substituents is 1. The van der Waals surface area contributed by atoms with Gasteiger partial charge in [0.15, 0.2) is 5.52 Å².